The highest BCUT2D eigenvalue weighted by molar-refractivity contribution is 5.83. The van der Waals surface area contributed by atoms with Gasteiger partial charge in [-0.15, -0.1) is 0 Å². The Morgan fingerprint density at radius 3 is 2.93 bits per heavy atom. The molecule has 6 heteroatoms. The third-order valence-corrected chi connectivity index (χ3v) is 2.37. The summed E-state index contributed by atoms with van der Waals surface area (Å²) in [6.07, 6.45) is 0. The molecule has 0 aromatic carbocycles. The van der Waals surface area contributed by atoms with Gasteiger partial charge >= 0.3 is 0 Å². The summed E-state index contributed by atoms with van der Waals surface area (Å²) >= 11 is 0. The van der Waals surface area contributed by atoms with Crippen LogP contribution in [0.25, 0.3) is 0 Å². The Labute approximate surface area is 89.2 Å². The topological polar surface area (TPSA) is 87.5 Å². The number of nitrogens with zero attached hydrogens (tertiary/aromatic N) is 1. The average Bonchev–Trinajstić information content (AvgIpc) is 2.18. The summed E-state index contributed by atoms with van der Waals surface area (Å²) in [5.74, 6) is -0.447. The average molecular weight is 214 g/mol. The number of primary amides is 1. The zero-order valence-corrected chi connectivity index (χ0v) is 8.95. The standard InChI is InChI=1S/C9H18N4O2/c1-2-12-9(15)7-5-11-3-4-13(7)6-8(10)14/h7,11H,2-6H2,1H3,(H2,10,14)(H,12,15). The van der Waals surface area contributed by atoms with Crippen molar-refractivity contribution >= 4 is 11.8 Å². The van der Waals surface area contributed by atoms with E-state index < -0.39 is 5.91 Å². The highest BCUT2D eigenvalue weighted by atomic mass is 16.2. The van der Waals surface area contributed by atoms with Crippen LogP contribution in [0.3, 0.4) is 0 Å². The lowest BCUT2D eigenvalue weighted by Gasteiger charge is -2.34. The summed E-state index contributed by atoms with van der Waals surface area (Å²) in [7, 11) is 0. The quantitative estimate of drug-likeness (QED) is 0.499. The molecule has 0 saturated carbocycles. The van der Waals surface area contributed by atoms with Gasteiger partial charge in [0.2, 0.25) is 11.8 Å². The highest BCUT2D eigenvalue weighted by Gasteiger charge is 2.28. The van der Waals surface area contributed by atoms with Crippen molar-refractivity contribution in [3.63, 3.8) is 0 Å². The maximum Gasteiger partial charge on any atom is 0.238 e. The zero-order chi connectivity index (χ0) is 11.3. The van der Waals surface area contributed by atoms with Crippen molar-refractivity contribution in [2.45, 2.75) is 13.0 Å². The molecule has 6 nitrogen and oxygen atoms in total. The number of nitrogens with two attached hydrogens (primary N) is 1. The van der Waals surface area contributed by atoms with Crippen LogP contribution in [0.4, 0.5) is 0 Å². The molecule has 0 bridgehead atoms. The van der Waals surface area contributed by atoms with Gasteiger partial charge in [0.05, 0.1) is 6.54 Å². The molecule has 1 rings (SSSR count). The third-order valence-electron chi connectivity index (χ3n) is 2.37. The summed E-state index contributed by atoms with van der Waals surface area (Å²) in [6.45, 7) is 4.63. The number of carbonyl (C=O) groups is 2. The van der Waals surface area contributed by atoms with Gasteiger partial charge in [0.1, 0.15) is 6.04 Å². The predicted molar refractivity (Wildman–Crippen MR) is 56.1 cm³/mol. The summed E-state index contributed by atoms with van der Waals surface area (Å²) < 4.78 is 0. The Morgan fingerprint density at radius 2 is 2.33 bits per heavy atom. The molecule has 1 atom stereocenters. The molecule has 1 aliphatic rings. The molecule has 2 amide bonds. The molecule has 1 saturated heterocycles. The van der Waals surface area contributed by atoms with Gasteiger partial charge in [-0.2, -0.15) is 0 Å². The van der Waals surface area contributed by atoms with Crippen LogP contribution in [0.15, 0.2) is 0 Å². The van der Waals surface area contributed by atoms with Crippen LogP contribution in [0.5, 0.6) is 0 Å². The molecule has 86 valence electrons. The van der Waals surface area contributed by atoms with E-state index in [-0.39, 0.29) is 18.5 Å². The largest absolute Gasteiger partial charge is 0.369 e. The number of hydrogen-bond donors (Lipinski definition) is 3. The molecule has 15 heavy (non-hydrogen) atoms. The van der Waals surface area contributed by atoms with Crippen molar-refractivity contribution in [3.8, 4) is 0 Å². The Morgan fingerprint density at radius 1 is 1.60 bits per heavy atom. The van der Waals surface area contributed by atoms with Crippen LogP contribution in [0, 0.1) is 0 Å². The summed E-state index contributed by atoms with van der Waals surface area (Å²) in [6, 6.07) is -0.286. The Hall–Kier alpha value is -1.14. The highest BCUT2D eigenvalue weighted by Crippen LogP contribution is 2.02. The van der Waals surface area contributed by atoms with Gasteiger partial charge in [-0.1, -0.05) is 0 Å². The number of amides is 2. The minimum absolute atomic E-state index is 0.0500. The van der Waals surface area contributed by atoms with E-state index in [1.54, 1.807) is 0 Å². The number of hydrogen-bond acceptors (Lipinski definition) is 4. The molecule has 0 aliphatic carbocycles. The molecule has 0 spiro atoms. The zero-order valence-electron chi connectivity index (χ0n) is 8.95. The van der Waals surface area contributed by atoms with Crippen molar-refractivity contribution < 1.29 is 9.59 Å². The molecular formula is C9H18N4O2. The van der Waals surface area contributed by atoms with E-state index in [2.05, 4.69) is 10.6 Å². The number of rotatable bonds is 4. The van der Waals surface area contributed by atoms with E-state index in [0.717, 1.165) is 6.54 Å². The lowest BCUT2D eigenvalue weighted by molar-refractivity contribution is -0.128. The van der Waals surface area contributed by atoms with Gasteiger partial charge in [-0.3, -0.25) is 14.5 Å². The first kappa shape index (κ1) is 11.9. The van der Waals surface area contributed by atoms with E-state index in [4.69, 9.17) is 5.73 Å². The fraction of sp³-hybridized carbons (Fsp3) is 0.778. The smallest absolute Gasteiger partial charge is 0.238 e. The molecule has 1 fully saturated rings. The summed E-state index contributed by atoms with van der Waals surface area (Å²) in [5.41, 5.74) is 5.13. The molecular weight excluding hydrogens is 196 g/mol. The first-order valence-corrected chi connectivity index (χ1v) is 5.16. The molecule has 1 heterocycles. The molecule has 1 unspecified atom stereocenters. The van der Waals surface area contributed by atoms with Gasteiger partial charge in [0.15, 0.2) is 0 Å². The van der Waals surface area contributed by atoms with E-state index in [1.165, 1.54) is 0 Å². The number of nitrogens with one attached hydrogen (secondary N) is 2. The normalized spacial score (nSPS) is 22.3. The lowest BCUT2D eigenvalue weighted by Crippen LogP contribution is -2.59. The Balaban J connectivity index is 2.56. The molecule has 1 aliphatic heterocycles. The van der Waals surface area contributed by atoms with Crippen molar-refractivity contribution in [1.82, 2.24) is 15.5 Å². The Bertz CT molecular complexity index is 244. The maximum atomic E-state index is 11.6. The third kappa shape index (κ3) is 3.49. The van der Waals surface area contributed by atoms with Crippen LogP contribution in [-0.4, -0.2) is 55.5 Å². The van der Waals surface area contributed by atoms with Gasteiger partial charge in [-0.25, -0.2) is 0 Å². The fourth-order valence-corrected chi connectivity index (χ4v) is 1.69. The van der Waals surface area contributed by atoms with Crippen LogP contribution < -0.4 is 16.4 Å². The number of piperazine rings is 1. The SMILES string of the molecule is CCNC(=O)C1CNCCN1CC(N)=O. The monoisotopic (exact) mass is 214 g/mol. The molecule has 4 N–H and O–H groups in total. The summed E-state index contributed by atoms with van der Waals surface area (Å²) in [4.78, 5) is 24.3. The maximum absolute atomic E-state index is 11.6. The van der Waals surface area contributed by atoms with Crippen molar-refractivity contribution in [2.75, 3.05) is 32.7 Å². The van der Waals surface area contributed by atoms with Crippen LogP contribution in [0.1, 0.15) is 6.92 Å². The number of carbonyl (C=O) groups excluding carboxylic acids is 2. The minimum atomic E-state index is -0.397. The van der Waals surface area contributed by atoms with Crippen LogP contribution in [-0.2, 0) is 9.59 Å². The first-order valence-electron chi connectivity index (χ1n) is 5.16. The molecule has 0 aromatic rings. The minimum Gasteiger partial charge on any atom is -0.369 e. The van der Waals surface area contributed by atoms with Gasteiger partial charge < -0.3 is 16.4 Å². The number of likely N-dealkylation sites (N-methyl/N-ethyl adjacent to an activating group) is 1. The van der Waals surface area contributed by atoms with E-state index in [1.807, 2.05) is 11.8 Å². The second-order valence-corrected chi connectivity index (χ2v) is 3.55. The summed E-state index contributed by atoms with van der Waals surface area (Å²) in [5, 5.41) is 5.87. The lowest BCUT2D eigenvalue weighted by atomic mass is 10.1. The van der Waals surface area contributed by atoms with E-state index in [9.17, 15) is 9.59 Å². The first-order chi connectivity index (χ1) is 7.15. The van der Waals surface area contributed by atoms with E-state index >= 15 is 0 Å². The van der Waals surface area contributed by atoms with Crippen molar-refractivity contribution in [1.29, 1.82) is 0 Å². The van der Waals surface area contributed by atoms with Crippen molar-refractivity contribution in [2.24, 2.45) is 5.73 Å². The van der Waals surface area contributed by atoms with Crippen molar-refractivity contribution in [3.05, 3.63) is 0 Å². The molecule has 0 aromatic heterocycles. The second kappa shape index (κ2) is 5.67. The van der Waals surface area contributed by atoms with Gasteiger partial charge in [0.25, 0.3) is 0 Å². The fourth-order valence-electron chi connectivity index (χ4n) is 1.69. The molecule has 0 radical (unpaired) electrons. The second-order valence-electron chi connectivity index (χ2n) is 3.55. The van der Waals surface area contributed by atoms with E-state index in [0.29, 0.717) is 19.6 Å². The van der Waals surface area contributed by atoms with Gasteiger partial charge in [0, 0.05) is 26.2 Å². The van der Waals surface area contributed by atoms with Gasteiger partial charge in [-0.05, 0) is 6.92 Å². The predicted octanol–water partition coefficient (Wildman–Crippen LogP) is -2.12. The van der Waals surface area contributed by atoms with Crippen LogP contribution >= 0.6 is 0 Å². The Kier molecular flexibility index (Phi) is 4.51. The van der Waals surface area contributed by atoms with Crippen LogP contribution in [0.2, 0.25) is 0 Å².